The topological polar surface area (TPSA) is 13.1 Å². The van der Waals surface area contributed by atoms with Gasteiger partial charge in [-0.3, -0.25) is 0 Å². The van der Waals surface area contributed by atoms with Crippen LogP contribution in [0.3, 0.4) is 0 Å². The van der Waals surface area contributed by atoms with Crippen molar-refractivity contribution in [3.05, 3.63) is 145 Å². The zero-order valence-corrected chi connectivity index (χ0v) is 20.6. The average molecular weight is 505 g/mol. The van der Waals surface area contributed by atoms with Crippen molar-refractivity contribution in [2.75, 3.05) is 0 Å². The third-order valence-corrected chi connectivity index (χ3v) is 7.32. The molecule has 39 heavy (non-hydrogen) atoms. The predicted octanol–water partition coefficient (Wildman–Crippen LogP) is 10.9. The number of hydrogen-bond donors (Lipinski definition) is 0. The summed E-state index contributed by atoms with van der Waals surface area (Å²) in [7, 11) is 0. The second-order valence-electron chi connectivity index (χ2n) is 9.45. The fourth-order valence-corrected chi connectivity index (χ4v) is 5.65. The molecule has 1 aromatic heterocycles. The molecule has 8 rings (SSSR count). The van der Waals surface area contributed by atoms with Gasteiger partial charge in [0.25, 0.3) is 0 Å². The van der Waals surface area contributed by atoms with Gasteiger partial charge in [-0.1, -0.05) is 145 Å². The van der Waals surface area contributed by atoms with Crippen LogP contribution in [0.15, 0.2) is 150 Å². The molecule has 0 bridgehead atoms. The first-order valence-corrected chi connectivity index (χ1v) is 12.7. The van der Waals surface area contributed by atoms with Crippen LogP contribution in [0.4, 0.5) is 0 Å². The summed E-state index contributed by atoms with van der Waals surface area (Å²) < 4.78 is 78.0. The second-order valence-corrected chi connectivity index (χ2v) is 9.45. The quantitative estimate of drug-likeness (QED) is 0.218. The first-order chi connectivity index (χ1) is 22.7. The van der Waals surface area contributed by atoms with E-state index >= 15 is 0 Å². The van der Waals surface area contributed by atoms with Crippen molar-refractivity contribution in [3.63, 3.8) is 0 Å². The van der Waals surface area contributed by atoms with E-state index in [9.17, 15) is 2.74 Å². The lowest BCUT2D eigenvalue weighted by atomic mass is 9.85. The SMILES string of the molecule is [2H]c1c([2H])c([2H])c2c(-c3cccc4c3oc3c(-c5ccccc5)cccc34)c3c([2H])c([2H])c([2H])c([2H])c3c(-c3ccccc3)c2c1[2H]. The van der Waals surface area contributed by atoms with Crippen molar-refractivity contribution in [1.29, 1.82) is 0 Å². The molecule has 0 N–H and O–H groups in total. The number of para-hydroxylation sites is 2. The minimum Gasteiger partial charge on any atom is -0.455 e. The largest absolute Gasteiger partial charge is 0.455 e. The second kappa shape index (κ2) is 8.72. The van der Waals surface area contributed by atoms with Crippen molar-refractivity contribution in [1.82, 2.24) is 0 Å². The number of rotatable bonds is 3. The van der Waals surface area contributed by atoms with Crippen LogP contribution in [-0.4, -0.2) is 0 Å². The van der Waals surface area contributed by atoms with Gasteiger partial charge in [-0.25, -0.2) is 0 Å². The highest BCUT2D eigenvalue weighted by atomic mass is 16.3. The molecular formula is C38H24O. The summed E-state index contributed by atoms with van der Waals surface area (Å²) in [6, 6.07) is 27.3. The molecule has 0 aliphatic carbocycles. The van der Waals surface area contributed by atoms with Crippen molar-refractivity contribution in [2.45, 2.75) is 0 Å². The van der Waals surface area contributed by atoms with Gasteiger partial charge in [0.05, 0.1) is 11.0 Å². The smallest absolute Gasteiger partial charge is 0.143 e. The Morgan fingerprint density at radius 3 is 1.41 bits per heavy atom. The lowest BCUT2D eigenvalue weighted by molar-refractivity contribution is 0.671. The molecule has 0 radical (unpaired) electrons. The summed E-state index contributed by atoms with van der Waals surface area (Å²) in [4.78, 5) is 0. The molecule has 0 aliphatic rings. The van der Waals surface area contributed by atoms with Gasteiger partial charge in [0, 0.05) is 27.5 Å². The lowest BCUT2D eigenvalue weighted by Crippen LogP contribution is -1.90. The lowest BCUT2D eigenvalue weighted by Gasteiger charge is -2.17. The summed E-state index contributed by atoms with van der Waals surface area (Å²) in [5.74, 6) is 0. The molecule has 1 nitrogen and oxygen atoms in total. The van der Waals surface area contributed by atoms with Gasteiger partial charge >= 0.3 is 0 Å². The van der Waals surface area contributed by atoms with E-state index in [1.807, 2.05) is 66.7 Å². The molecule has 7 aromatic carbocycles. The van der Waals surface area contributed by atoms with E-state index < -0.39 is 24.2 Å². The van der Waals surface area contributed by atoms with Crippen LogP contribution in [-0.2, 0) is 0 Å². The van der Waals surface area contributed by atoms with E-state index in [2.05, 4.69) is 0 Å². The summed E-state index contributed by atoms with van der Waals surface area (Å²) in [6.07, 6.45) is 0. The van der Waals surface area contributed by atoms with Crippen molar-refractivity contribution < 1.29 is 15.4 Å². The Balaban J connectivity index is 1.65. The van der Waals surface area contributed by atoms with Crippen molar-refractivity contribution in [2.24, 2.45) is 0 Å². The highest BCUT2D eigenvalue weighted by molar-refractivity contribution is 6.24. The first-order valence-electron chi connectivity index (χ1n) is 16.7. The molecular weight excluding hydrogens is 472 g/mol. The van der Waals surface area contributed by atoms with Crippen LogP contribution in [0.2, 0.25) is 0 Å². The number of furan rings is 1. The van der Waals surface area contributed by atoms with Gasteiger partial charge in [-0.15, -0.1) is 0 Å². The Morgan fingerprint density at radius 2 is 0.846 bits per heavy atom. The van der Waals surface area contributed by atoms with E-state index in [0.717, 1.165) is 21.9 Å². The molecule has 0 atom stereocenters. The highest BCUT2D eigenvalue weighted by Gasteiger charge is 2.20. The molecule has 0 unspecified atom stereocenters. The minimum absolute atomic E-state index is 0.156. The van der Waals surface area contributed by atoms with Crippen molar-refractivity contribution >= 4 is 43.5 Å². The van der Waals surface area contributed by atoms with Gasteiger partial charge in [-0.05, 0) is 38.2 Å². The van der Waals surface area contributed by atoms with E-state index in [0.29, 0.717) is 27.9 Å². The van der Waals surface area contributed by atoms with Gasteiger partial charge in [-0.2, -0.15) is 0 Å². The number of fused-ring (bicyclic) bond motifs is 5. The molecule has 1 heteroatoms. The van der Waals surface area contributed by atoms with Gasteiger partial charge in [0.1, 0.15) is 11.2 Å². The molecule has 8 aromatic rings. The van der Waals surface area contributed by atoms with Crippen LogP contribution in [0.1, 0.15) is 11.0 Å². The zero-order chi connectivity index (χ0) is 32.7. The molecule has 0 saturated carbocycles. The predicted molar refractivity (Wildman–Crippen MR) is 165 cm³/mol. The molecule has 0 saturated heterocycles. The minimum atomic E-state index is -0.439. The molecule has 0 amide bonds. The molecule has 0 aliphatic heterocycles. The number of benzene rings is 7. The maximum Gasteiger partial charge on any atom is 0.143 e. The van der Waals surface area contributed by atoms with Crippen LogP contribution in [0.5, 0.6) is 0 Å². The fourth-order valence-electron chi connectivity index (χ4n) is 5.65. The maximum atomic E-state index is 9.22. The third kappa shape index (κ3) is 3.34. The maximum absolute atomic E-state index is 9.22. The molecule has 182 valence electrons. The normalized spacial score (nSPS) is 14.5. The standard InChI is InChI=1S/C38H24O/c1-3-13-25(14-4-1)27-21-11-22-32-33-23-12-24-34(38(33)39-37(27)32)36-30-19-9-7-17-28(30)35(26-15-5-2-6-16-26)29-18-8-10-20-31(29)36/h1-24H/i7D,8D,9D,10D,17D,18D,19D,20D. The Bertz CT molecular complexity index is 2510. The third-order valence-electron chi connectivity index (χ3n) is 7.32. The Morgan fingerprint density at radius 1 is 0.385 bits per heavy atom. The first kappa shape index (κ1) is 15.3. The molecule has 0 fully saturated rings. The van der Waals surface area contributed by atoms with Gasteiger partial charge in [0.15, 0.2) is 0 Å². The summed E-state index contributed by atoms with van der Waals surface area (Å²) in [6.45, 7) is 0. The summed E-state index contributed by atoms with van der Waals surface area (Å²) in [5, 5.41) is 2.28. The van der Waals surface area contributed by atoms with E-state index in [1.165, 1.54) is 0 Å². The highest BCUT2D eigenvalue weighted by Crippen LogP contribution is 2.47. The van der Waals surface area contributed by atoms with Crippen LogP contribution in [0.25, 0.3) is 76.9 Å². The van der Waals surface area contributed by atoms with Gasteiger partial charge in [0.2, 0.25) is 0 Å². The van der Waals surface area contributed by atoms with E-state index in [4.69, 9.17) is 12.6 Å². The average Bonchev–Trinajstić information content (AvgIpc) is 3.50. The molecule has 0 spiro atoms. The van der Waals surface area contributed by atoms with E-state index in [-0.39, 0.29) is 51.3 Å². The number of hydrogen-bond acceptors (Lipinski definition) is 1. The Kier molecular flexibility index (Phi) is 3.42. The molecule has 1 heterocycles. The van der Waals surface area contributed by atoms with Crippen LogP contribution < -0.4 is 0 Å². The Labute approximate surface area is 237 Å². The zero-order valence-electron chi connectivity index (χ0n) is 28.6. The van der Waals surface area contributed by atoms with Crippen LogP contribution >= 0.6 is 0 Å². The fraction of sp³-hybridized carbons (Fsp3) is 0. The summed E-state index contributed by atoms with van der Waals surface area (Å²) >= 11 is 0. The monoisotopic (exact) mass is 504 g/mol. The van der Waals surface area contributed by atoms with Crippen LogP contribution in [0, 0.1) is 0 Å². The Hall–Kier alpha value is -5.14. The van der Waals surface area contributed by atoms with Crippen molar-refractivity contribution in [3.8, 4) is 33.4 Å². The van der Waals surface area contributed by atoms with E-state index in [1.54, 1.807) is 30.3 Å². The van der Waals surface area contributed by atoms with Gasteiger partial charge < -0.3 is 4.42 Å². The summed E-state index contributed by atoms with van der Waals surface area (Å²) in [5.41, 5.74) is 4.54.